The SMILES string of the molecule is CNC(=S)C1CCN(I)CC1. The summed E-state index contributed by atoms with van der Waals surface area (Å²) < 4.78 is 2.33. The molecule has 0 atom stereocenters. The third-order valence-electron chi connectivity index (χ3n) is 2.06. The van der Waals surface area contributed by atoms with Gasteiger partial charge in [0.2, 0.25) is 0 Å². The number of hydrogen-bond acceptors (Lipinski definition) is 2. The molecule has 2 nitrogen and oxygen atoms in total. The van der Waals surface area contributed by atoms with Crippen LogP contribution in [0.25, 0.3) is 0 Å². The van der Waals surface area contributed by atoms with E-state index in [1.54, 1.807) is 0 Å². The molecule has 1 aliphatic heterocycles. The first-order chi connectivity index (χ1) is 5.24. The summed E-state index contributed by atoms with van der Waals surface area (Å²) in [5, 5.41) is 3.06. The van der Waals surface area contributed by atoms with Gasteiger partial charge in [0.15, 0.2) is 0 Å². The maximum absolute atomic E-state index is 5.18. The number of hydrogen-bond donors (Lipinski definition) is 1. The summed E-state index contributed by atoms with van der Waals surface area (Å²) in [5.41, 5.74) is 0. The average Bonchev–Trinajstić information content (AvgIpc) is 2.05. The maximum atomic E-state index is 5.18. The third kappa shape index (κ3) is 2.83. The largest absolute Gasteiger partial charge is 0.383 e. The normalized spacial score (nSPS) is 21.6. The first-order valence-corrected chi connectivity index (χ1v) is 5.23. The molecule has 4 heteroatoms. The molecular weight excluding hydrogens is 271 g/mol. The highest BCUT2D eigenvalue weighted by atomic mass is 127. The van der Waals surface area contributed by atoms with Gasteiger partial charge in [-0.05, 0) is 12.8 Å². The first kappa shape index (κ1) is 9.67. The highest BCUT2D eigenvalue weighted by Crippen LogP contribution is 2.19. The van der Waals surface area contributed by atoms with Crippen LogP contribution in [0.3, 0.4) is 0 Å². The van der Waals surface area contributed by atoms with Crippen molar-refractivity contribution in [1.29, 1.82) is 0 Å². The van der Waals surface area contributed by atoms with Crippen molar-refractivity contribution >= 4 is 40.1 Å². The molecule has 0 aromatic rings. The molecule has 1 heterocycles. The van der Waals surface area contributed by atoms with Crippen molar-refractivity contribution in [3.8, 4) is 0 Å². The third-order valence-corrected chi connectivity index (χ3v) is 3.56. The predicted molar refractivity (Wildman–Crippen MR) is 60.0 cm³/mol. The lowest BCUT2D eigenvalue weighted by atomic mass is 9.98. The second kappa shape index (κ2) is 4.57. The van der Waals surface area contributed by atoms with E-state index in [9.17, 15) is 0 Å². The summed E-state index contributed by atoms with van der Waals surface area (Å²) in [7, 11) is 1.92. The van der Waals surface area contributed by atoms with E-state index in [1.807, 2.05) is 7.05 Å². The van der Waals surface area contributed by atoms with Crippen molar-refractivity contribution in [2.45, 2.75) is 12.8 Å². The fraction of sp³-hybridized carbons (Fsp3) is 0.857. The van der Waals surface area contributed by atoms with Gasteiger partial charge in [0.25, 0.3) is 0 Å². The van der Waals surface area contributed by atoms with Crippen LogP contribution in [-0.2, 0) is 0 Å². The van der Waals surface area contributed by atoms with E-state index in [0.717, 1.165) is 4.99 Å². The highest BCUT2D eigenvalue weighted by molar-refractivity contribution is 14.1. The summed E-state index contributed by atoms with van der Waals surface area (Å²) in [6, 6.07) is 0. The minimum absolute atomic E-state index is 0.626. The number of nitrogens with zero attached hydrogens (tertiary/aromatic N) is 1. The monoisotopic (exact) mass is 284 g/mol. The summed E-state index contributed by atoms with van der Waals surface area (Å²) >= 11 is 7.55. The zero-order valence-corrected chi connectivity index (χ0v) is 9.61. The van der Waals surface area contributed by atoms with E-state index in [0.29, 0.717) is 5.92 Å². The molecule has 0 aromatic heterocycles. The van der Waals surface area contributed by atoms with Gasteiger partial charge in [-0.1, -0.05) is 12.2 Å². The zero-order chi connectivity index (χ0) is 8.27. The van der Waals surface area contributed by atoms with E-state index in [1.165, 1.54) is 25.9 Å². The Morgan fingerprint density at radius 1 is 1.55 bits per heavy atom. The molecule has 64 valence electrons. The Kier molecular flexibility index (Phi) is 4.01. The average molecular weight is 284 g/mol. The zero-order valence-electron chi connectivity index (χ0n) is 6.64. The molecular formula is C7H13IN2S. The van der Waals surface area contributed by atoms with Gasteiger partial charge in [-0.15, -0.1) is 0 Å². The molecule has 1 fully saturated rings. The van der Waals surface area contributed by atoms with Gasteiger partial charge in [-0.25, -0.2) is 3.11 Å². The van der Waals surface area contributed by atoms with Crippen molar-refractivity contribution in [3.05, 3.63) is 0 Å². The number of halogens is 1. The topological polar surface area (TPSA) is 15.3 Å². The first-order valence-electron chi connectivity index (χ1n) is 3.86. The molecule has 1 N–H and O–H groups in total. The minimum atomic E-state index is 0.626. The molecule has 1 saturated heterocycles. The molecule has 0 spiro atoms. The minimum Gasteiger partial charge on any atom is -0.383 e. The Morgan fingerprint density at radius 3 is 2.55 bits per heavy atom. The van der Waals surface area contributed by atoms with Gasteiger partial charge in [-0.2, -0.15) is 0 Å². The standard InChI is InChI=1S/C7H13IN2S/c1-9-7(11)6-2-4-10(8)5-3-6/h6H,2-5H2,1H3,(H,9,11). The van der Waals surface area contributed by atoms with Gasteiger partial charge < -0.3 is 5.32 Å². The fourth-order valence-corrected chi connectivity index (χ4v) is 2.11. The number of nitrogens with one attached hydrogen (secondary N) is 1. The van der Waals surface area contributed by atoms with Crippen molar-refractivity contribution in [1.82, 2.24) is 8.43 Å². The van der Waals surface area contributed by atoms with Crippen LogP contribution in [0.2, 0.25) is 0 Å². The molecule has 0 unspecified atom stereocenters. The highest BCUT2D eigenvalue weighted by Gasteiger charge is 2.19. The van der Waals surface area contributed by atoms with Crippen molar-refractivity contribution < 1.29 is 0 Å². The lowest BCUT2D eigenvalue weighted by Crippen LogP contribution is -2.34. The molecule has 0 aliphatic carbocycles. The molecule has 0 radical (unpaired) electrons. The Balaban J connectivity index is 2.33. The van der Waals surface area contributed by atoms with Crippen molar-refractivity contribution in [2.24, 2.45) is 5.92 Å². The smallest absolute Gasteiger partial charge is 0.0783 e. The lowest BCUT2D eigenvalue weighted by Gasteiger charge is -2.27. The van der Waals surface area contributed by atoms with Crippen LogP contribution in [0, 0.1) is 5.92 Å². The van der Waals surface area contributed by atoms with Gasteiger partial charge >= 0.3 is 0 Å². The van der Waals surface area contributed by atoms with Gasteiger partial charge in [0.1, 0.15) is 0 Å². The fourth-order valence-electron chi connectivity index (χ4n) is 1.31. The second-order valence-electron chi connectivity index (χ2n) is 2.80. The molecule has 11 heavy (non-hydrogen) atoms. The summed E-state index contributed by atoms with van der Waals surface area (Å²) in [4.78, 5) is 1.04. The van der Waals surface area contributed by atoms with Crippen LogP contribution in [0.1, 0.15) is 12.8 Å². The maximum Gasteiger partial charge on any atom is 0.0783 e. The summed E-state index contributed by atoms with van der Waals surface area (Å²) in [5.74, 6) is 0.626. The molecule has 0 aromatic carbocycles. The second-order valence-corrected chi connectivity index (χ2v) is 4.60. The van der Waals surface area contributed by atoms with Crippen molar-refractivity contribution in [2.75, 3.05) is 20.1 Å². The number of piperidine rings is 1. The predicted octanol–water partition coefficient (Wildman–Crippen LogP) is 1.60. The van der Waals surface area contributed by atoms with Crippen LogP contribution in [0.4, 0.5) is 0 Å². The van der Waals surface area contributed by atoms with E-state index < -0.39 is 0 Å². The molecule has 1 aliphatic rings. The van der Waals surface area contributed by atoms with Crippen LogP contribution >= 0.6 is 35.1 Å². The van der Waals surface area contributed by atoms with Gasteiger partial charge in [0, 0.05) is 48.9 Å². The van der Waals surface area contributed by atoms with E-state index >= 15 is 0 Å². The Bertz CT molecular complexity index is 143. The molecule has 1 rings (SSSR count). The number of rotatable bonds is 1. The van der Waals surface area contributed by atoms with E-state index in [-0.39, 0.29) is 0 Å². The Labute approximate surface area is 87.2 Å². The lowest BCUT2D eigenvalue weighted by molar-refractivity contribution is 0.364. The van der Waals surface area contributed by atoms with Gasteiger partial charge in [0.05, 0.1) is 4.99 Å². The van der Waals surface area contributed by atoms with Gasteiger partial charge in [-0.3, -0.25) is 0 Å². The molecule has 0 saturated carbocycles. The summed E-state index contributed by atoms with van der Waals surface area (Å²) in [6.45, 7) is 2.35. The molecule has 0 bridgehead atoms. The van der Waals surface area contributed by atoms with Crippen LogP contribution in [0.5, 0.6) is 0 Å². The Hall–Kier alpha value is 0.580. The van der Waals surface area contributed by atoms with E-state index in [2.05, 4.69) is 31.3 Å². The quantitative estimate of drug-likeness (QED) is 0.447. The summed E-state index contributed by atoms with van der Waals surface area (Å²) in [6.07, 6.45) is 2.42. The van der Waals surface area contributed by atoms with Crippen LogP contribution < -0.4 is 5.32 Å². The Morgan fingerprint density at radius 2 is 2.09 bits per heavy atom. The molecule has 0 amide bonds. The van der Waals surface area contributed by atoms with Crippen LogP contribution in [-0.4, -0.2) is 28.2 Å². The van der Waals surface area contributed by atoms with E-state index in [4.69, 9.17) is 12.2 Å². The van der Waals surface area contributed by atoms with Crippen molar-refractivity contribution in [3.63, 3.8) is 0 Å². The van der Waals surface area contributed by atoms with Crippen LogP contribution in [0.15, 0.2) is 0 Å². The number of thiocarbonyl (C=S) groups is 1.